The van der Waals surface area contributed by atoms with E-state index >= 15 is 0 Å². The zero-order valence-corrected chi connectivity index (χ0v) is 11.1. The molecule has 2 atom stereocenters. The summed E-state index contributed by atoms with van der Waals surface area (Å²) in [4.78, 5) is 15.4. The number of nitrogens with zero attached hydrogens (tertiary/aromatic N) is 2. The minimum atomic E-state index is -0.452. The van der Waals surface area contributed by atoms with Gasteiger partial charge < -0.3 is 4.74 Å². The monoisotopic (exact) mass is 252 g/mol. The van der Waals surface area contributed by atoms with Gasteiger partial charge in [0.1, 0.15) is 10.9 Å². The second-order valence-corrected chi connectivity index (χ2v) is 4.82. The highest BCUT2D eigenvalue weighted by Gasteiger charge is 2.23. The number of aromatic nitrogens is 1. The number of carbonyl (C=O) groups is 1. The van der Waals surface area contributed by atoms with E-state index < -0.39 is 5.97 Å². The maximum absolute atomic E-state index is 11.3. The number of hydrogen-bond donors (Lipinski definition) is 0. The fourth-order valence-corrected chi connectivity index (χ4v) is 2.64. The Bertz CT molecular complexity index is 422. The van der Waals surface area contributed by atoms with E-state index in [1.165, 1.54) is 18.4 Å². The average molecular weight is 252 g/mol. The summed E-state index contributed by atoms with van der Waals surface area (Å²) < 4.78 is 4.59. The van der Waals surface area contributed by atoms with Gasteiger partial charge in [-0.1, -0.05) is 20.3 Å². The highest BCUT2D eigenvalue weighted by atomic mass is 32.1. The molecule has 0 aliphatic heterocycles. The summed E-state index contributed by atoms with van der Waals surface area (Å²) in [5.41, 5.74) is 0.288. The zero-order chi connectivity index (χ0) is 12.8. The van der Waals surface area contributed by atoms with Crippen molar-refractivity contribution in [3.63, 3.8) is 0 Å². The van der Waals surface area contributed by atoms with E-state index in [1.54, 1.807) is 5.38 Å². The van der Waals surface area contributed by atoms with Crippen LogP contribution in [0.4, 0.5) is 0 Å². The third kappa shape index (κ3) is 3.27. The van der Waals surface area contributed by atoms with E-state index in [1.807, 2.05) is 6.92 Å². The SMILES string of the molecule is CCCC(C)C(C#N)c1nc(C(=O)OC)cs1. The van der Waals surface area contributed by atoms with Crippen molar-refractivity contribution in [3.05, 3.63) is 16.1 Å². The molecular formula is C12H16N2O2S. The number of carbonyl (C=O) groups excluding carboxylic acids is 1. The number of esters is 1. The maximum Gasteiger partial charge on any atom is 0.357 e. The molecule has 2 unspecified atom stereocenters. The summed E-state index contributed by atoms with van der Waals surface area (Å²) in [6.45, 7) is 4.13. The Kier molecular flexibility index (Phi) is 5.11. The second-order valence-electron chi connectivity index (χ2n) is 3.94. The topological polar surface area (TPSA) is 63.0 Å². The molecule has 0 fully saturated rings. The molecule has 0 N–H and O–H groups in total. The van der Waals surface area contributed by atoms with E-state index in [-0.39, 0.29) is 17.5 Å². The van der Waals surface area contributed by atoms with Crippen LogP contribution in [0, 0.1) is 17.2 Å². The van der Waals surface area contributed by atoms with Gasteiger partial charge in [0.25, 0.3) is 0 Å². The van der Waals surface area contributed by atoms with Crippen molar-refractivity contribution in [2.45, 2.75) is 32.6 Å². The lowest BCUT2D eigenvalue weighted by Gasteiger charge is -2.13. The van der Waals surface area contributed by atoms with Gasteiger partial charge in [0.2, 0.25) is 0 Å². The van der Waals surface area contributed by atoms with Crippen LogP contribution in [0.2, 0.25) is 0 Å². The van der Waals surface area contributed by atoms with Gasteiger partial charge in [0.05, 0.1) is 13.2 Å². The lowest BCUT2D eigenvalue weighted by Crippen LogP contribution is -2.09. The maximum atomic E-state index is 11.3. The minimum Gasteiger partial charge on any atom is -0.464 e. The van der Waals surface area contributed by atoms with Gasteiger partial charge in [-0.2, -0.15) is 5.26 Å². The van der Waals surface area contributed by atoms with E-state index in [9.17, 15) is 10.1 Å². The molecule has 0 aliphatic rings. The van der Waals surface area contributed by atoms with Crippen LogP contribution in [0.1, 0.15) is 48.1 Å². The molecule has 0 amide bonds. The number of rotatable bonds is 5. The molecule has 0 radical (unpaired) electrons. The molecule has 17 heavy (non-hydrogen) atoms. The van der Waals surface area contributed by atoms with Gasteiger partial charge in [-0.3, -0.25) is 0 Å². The van der Waals surface area contributed by atoms with Crippen LogP contribution in [-0.2, 0) is 4.74 Å². The molecule has 1 aromatic rings. The number of thiazole rings is 1. The summed E-state index contributed by atoms with van der Waals surface area (Å²) in [5, 5.41) is 11.5. The molecule has 0 bridgehead atoms. The van der Waals surface area contributed by atoms with Crippen LogP contribution in [0.3, 0.4) is 0 Å². The summed E-state index contributed by atoms with van der Waals surface area (Å²) in [5.74, 6) is -0.438. The molecule has 0 saturated carbocycles. The van der Waals surface area contributed by atoms with Gasteiger partial charge in [-0.05, 0) is 12.3 Å². The molecule has 1 heterocycles. The van der Waals surface area contributed by atoms with Crippen molar-refractivity contribution in [2.24, 2.45) is 5.92 Å². The Morgan fingerprint density at radius 2 is 2.41 bits per heavy atom. The largest absolute Gasteiger partial charge is 0.464 e. The number of methoxy groups -OCH3 is 1. The van der Waals surface area contributed by atoms with Crippen LogP contribution in [0.15, 0.2) is 5.38 Å². The normalized spacial score (nSPS) is 13.8. The molecule has 92 valence electrons. The predicted molar refractivity (Wildman–Crippen MR) is 65.9 cm³/mol. The van der Waals surface area contributed by atoms with Crippen molar-refractivity contribution < 1.29 is 9.53 Å². The Labute approximate surface area is 105 Å². The number of nitriles is 1. The Morgan fingerprint density at radius 1 is 1.71 bits per heavy atom. The van der Waals surface area contributed by atoms with E-state index in [0.29, 0.717) is 5.01 Å². The quantitative estimate of drug-likeness (QED) is 0.756. The third-order valence-electron chi connectivity index (χ3n) is 2.63. The second kappa shape index (κ2) is 6.36. The van der Waals surface area contributed by atoms with Gasteiger partial charge in [0.15, 0.2) is 5.69 Å². The molecule has 0 spiro atoms. The van der Waals surface area contributed by atoms with E-state index in [2.05, 4.69) is 22.7 Å². The first-order valence-electron chi connectivity index (χ1n) is 5.57. The van der Waals surface area contributed by atoms with Crippen molar-refractivity contribution in [2.75, 3.05) is 7.11 Å². The van der Waals surface area contributed by atoms with Crippen LogP contribution >= 0.6 is 11.3 Å². The lowest BCUT2D eigenvalue weighted by atomic mass is 9.92. The van der Waals surface area contributed by atoms with Crippen molar-refractivity contribution >= 4 is 17.3 Å². The summed E-state index contributed by atoms with van der Waals surface area (Å²) in [6.07, 6.45) is 2.01. The molecule has 5 heteroatoms. The van der Waals surface area contributed by atoms with Crippen LogP contribution < -0.4 is 0 Å². The first-order valence-corrected chi connectivity index (χ1v) is 6.45. The van der Waals surface area contributed by atoms with E-state index in [0.717, 1.165) is 12.8 Å². The smallest absolute Gasteiger partial charge is 0.357 e. The number of ether oxygens (including phenoxy) is 1. The molecule has 0 aliphatic carbocycles. The van der Waals surface area contributed by atoms with Gasteiger partial charge in [-0.15, -0.1) is 11.3 Å². The molecular weight excluding hydrogens is 236 g/mol. The highest BCUT2D eigenvalue weighted by Crippen LogP contribution is 2.29. The molecule has 0 saturated heterocycles. The Morgan fingerprint density at radius 3 is 2.94 bits per heavy atom. The Hall–Kier alpha value is -1.41. The zero-order valence-electron chi connectivity index (χ0n) is 10.3. The first-order chi connectivity index (χ1) is 8.13. The van der Waals surface area contributed by atoms with Crippen molar-refractivity contribution in [1.29, 1.82) is 5.26 Å². The van der Waals surface area contributed by atoms with Gasteiger partial charge >= 0.3 is 5.97 Å². The van der Waals surface area contributed by atoms with Crippen molar-refractivity contribution in [3.8, 4) is 6.07 Å². The third-order valence-corrected chi connectivity index (χ3v) is 3.56. The summed E-state index contributed by atoms with van der Waals surface area (Å²) >= 11 is 1.35. The summed E-state index contributed by atoms with van der Waals surface area (Å²) in [7, 11) is 1.32. The molecule has 4 nitrogen and oxygen atoms in total. The summed E-state index contributed by atoms with van der Waals surface area (Å²) in [6, 6.07) is 2.27. The highest BCUT2D eigenvalue weighted by molar-refractivity contribution is 7.10. The van der Waals surface area contributed by atoms with E-state index in [4.69, 9.17) is 0 Å². The number of hydrogen-bond acceptors (Lipinski definition) is 5. The molecule has 1 aromatic heterocycles. The van der Waals surface area contributed by atoms with Gasteiger partial charge in [0, 0.05) is 5.38 Å². The molecule has 1 rings (SSSR count). The fourth-order valence-electron chi connectivity index (χ4n) is 1.68. The first kappa shape index (κ1) is 13.7. The van der Waals surface area contributed by atoms with Crippen LogP contribution in [-0.4, -0.2) is 18.1 Å². The van der Waals surface area contributed by atoms with Crippen LogP contribution in [0.25, 0.3) is 0 Å². The Balaban J connectivity index is 2.87. The lowest BCUT2D eigenvalue weighted by molar-refractivity contribution is 0.0594. The van der Waals surface area contributed by atoms with Gasteiger partial charge in [-0.25, -0.2) is 9.78 Å². The fraction of sp³-hybridized carbons (Fsp3) is 0.583. The standard InChI is InChI=1S/C12H16N2O2S/c1-4-5-8(2)9(6-13)11-14-10(7-17-11)12(15)16-3/h7-9H,4-5H2,1-3H3. The van der Waals surface area contributed by atoms with Crippen molar-refractivity contribution in [1.82, 2.24) is 4.98 Å². The molecule has 0 aromatic carbocycles. The average Bonchev–Trinajstić information content (AvgIpc) is 2.79. The predicted octanol–water partition coefficient (Wildman–Crippen LogP) is 2.97. The van der Waals surface area contributed by atoms with Crippen LogP contribution in [0.5, 0.6) is 0 Å². The minimum absolute atomic E-state index is 0.238.